The van der Waals surface area contributed by atoms with Crippen LogP contribution in [0.25, 0.3) is 11.1 Å². The molecule has 0 unspecified atom stereocenters. The number of carbonyl (C=O) groups is 1. The Bertz CT molecular complexity index is 1170. The highest BCUT2D eigenvalue weighted by Crippen LogP contribution is 2.27. The van der Waals surface area contributed by atoms with Gasteiger partial charge in [0.1, 0.15) is 5.15 Å². The summed E-state index contributed by atoms with van der Waals surface area (Å²) in [5, 5.41) is 9.98. The van der Waals surface area contributed by atoms with Crippen LogP contribution in [0.4, 0.5) is 0 Å². The van der Waals surface area contributed by atoms with Gasteiger partial charge in [0.05, 0.1) is 17.8 Å². The average Bonchev–Trinajstić information content (AvgIpc) is 2.96. The number of nitrogens with zero attached hydrogens (tertiary/aromatic N) is 2. The first-order chi connectivity index (χ1) is 15.0. The number of halogens is 1. The second-order valence-corrected chi connectivity index (χ2v) is 9.95. The van der Waals surface area contributed by atoms with E-state index in [0.717, 1.165) is 29.7 Å². The second-order valence-electron chi connectivity index (χ2n) is 9.59. The standard InChI is InChI=1S/C26H31ClN2O3/c1-17(2)10-15-22-23(27)29(26(3,4)5)25(32)28(22)16-18-11-13-19(14-12-18)20-8-6-7-9-21(20)24(30)31/h6-9,11-14,17H,10,15-16H2,1-5H3,(H,30,31). The van der Waals surface area contributed by atoms with Crippen molar-refractivity contribution in [3.05, 3.63) is 81.0 Å². The predicted octanol–water partition coefficient (Wildman–Crippen LogP) is 6.06. The molecule has 170 valence electrons. The number of aromatic carboxylic acids is 1. The van der Waals surface area contributed by atoms with Gasteiger partial charge in [-0.3, -0.25) is 9.13 Å². The lowest BCUT2D eigenvalue weighted by Crippen LogP contribution is -2.35. The van der Waals surface area contributed by atoms with Crippen LogP contribution in [-0.4, -0.2) is 20.2 Å². The van der Waals surface area contributed by atoms with E-state index < -0.39 is 11.5 Å². The molecule has 0 saturated carbocycles. The summed E-state index contributed by atoms with van der Waals surface area (Å²) in [5.41, 5.74) is 3.05. The maximum absolute atomic E-state index is 13.3. The molecule has 1 N–H and O–H groups in total. The van der Waals surface area contributed by atoms with Gasteiger partial charge < -0.3 is 5.11 Å². The molecule has 0 fully saturated rings. The first-order valence-corrected chi connectivity index (χ1v) is 11.3. The van der Waals surface area contributed by atoms with E-state index in [1.165, 1.54) is 0 Å². The van der Waals surface area contributed by atoms with Gasteiger partial charge in [-0.15, -0.1) is 0 Å². The monoisotopic (exact) mass is 454 g/mol. The minimum Gasteiger partial charge on any atom is -0.478 e. The summed E-state index contributed by atoms with van der Waals surface area (Å²) in [6.07, 6.45) is 1.68. The lowest BCUT2D eigenvalue weighted by molar-refractivity contribution is 0.0697. The molecule has 3 aromatic rings. The Hall–Kier alpha value is -2.79. The first-order valence-electron chi connectivity index (χ1n) is 10.9. The van der Waals surface area contributed by atoms with Crippen molar-refractivity contribution in [3.8, 4) is 11.1 Å². The van der Waals surface area contributed by atoms with Crippen molar-refractivity contribution in [1.82, 2.24) is 9.13 Å². The van der Waals surface area contributed by atoms with Crippen molar-refractivity contribution in [3.63, 3.8) is 0 Å². The van der Waals surface area contributed by atoms with E-state index in [1.807, 2.05) is 51.1 Å². The highest BCUT2D eigenvalue weighted by molar-refractivity contribution is 6.30. The smallest absolute Gasteiger partial charge is 0.336 e. The molecule has 0 amide bonds. The van der Waals surface area contributed by atoms with Gasteiger partial charge in [-0.1, -0.05) is 67.9 Å². The summed E-state index contributed by atoms with van der Waals surface area (Å²) in [4.78, 5) is 24.8. The lowest BCUT2D eigenvalue weighted by atomic mass is 9.98. The highest BCUT2D eigenvalue weighted by atomic mass is 35.5. The van der Waals surface area contributed by atoms with E-state index in [4.69, 9.17) is 11.6 Å². The van der Waals surface area contributed by atoms with Crippen LogP contribution in [-0.2, 0) is 18.5 Å². The summed E-state index contributed by atoms with van der Waals surface area (Å²) < 4.78 is 3.44. The van der Waals surface area contributed by atoms with E-state index >= 15 is 0 Å². The molecule has 0 atom stereocenters. The number of imidazole rings is 1. The fraction of sp³-hybridized carbons (Fsp3) is 0.385. The molecule has 0 bridgehead atoms. The van der Waals surface area contributed by atoms with Crippen LogP contribution in [0.1, 0.15) is 62.7 Å². The molecular weight excluding hydrogens is 424 g/mol. The van der Waals surface area contributed by atoms with Gasteiger partial charge in [-0.25, -0.2) is 9.59 Å². The Labute approximate surface area is 194 Å². The van der Waals surface area contributed by atoms with Crippen molar-refractivity contribution in [2.75, 3.05) is 0 Å². The van der Waals surface area contributed by atoms with E-state index in [1.54, 1.807) is 27.3 Å². The maximum Gasteiger partial charge on any atom is 0.336 e. The highest BCUT2D eigenvalue weighted by Gasteiger charge is 2.26. The Morgan fingerprint density at radius 3 is 2.25 bits per heavy atom. The predicted molar refractivity (Wildman–Crippen MR) is 130 cm³/mol. The number of hydrogen-bond donors (Lipinski definition) is 1. The number of aromatic nitrogens is 2. The third-order valence-corrected chi connectivity index (χ3v) is 5.96. The molecule has 32 heavy (non-hydrogen) atoms. The van der Waals surface area contributed by atoms with E-state index in [2.05, 4.69) is 13.8 Å². The van der Waals surface area contributed by atoms with E-state index in [-0.39, 0.29) is 11.3 Å². The number of carboxylic acids is 1. The van der Waals surface area contributed by atoms with Gasteiger partial charge in [-0.2, -0.15) is 0 Å². The molecular formula is C26H31ClN2O3. The van der Waals surface area contributed by atoms with Gasteiger partial charge in [0, 0.05) is 5.54 Å². The number of rotatable bonds is 7. The quantitative estimate of drug-likeness (QED) is 0.471. The van der Waals surface area contributed by atoms with Crippen molar-refractivity contribution < 1.29 is 9.90 Å². The molecule has 3 rings (SSSR count). The minimum atomic E-state index is -0.954. The largest absolute Gasteiger partial charge is 0.478 e. The third-order valence-electron chi connectivity index (χ3n) is 5.57. The van der Waals surface area contributed by atoms with Gasteiger partial charge in [0.15, 0.2) is 0 Å². The Kier molecular flexibility index (Phi) is 6.99. The Morgan fingerprint density at radius 2 is 1.69 bits per heavy atom. The fourth-order valence-corrected chi connectivity index (χ4v) is 4.38. The fourth-order valence-electron chi connectivity index (χ4n) is 3.86. The number of benzene rings is 2. The average molecular weight is 455 g/mol. The summed E-state index contributed by atoms with van der Waals surface area (Å²) in [6.45, 7) is 10.7. The van der Waals surface area contributed by atoms with Crippen LogP contribution in [0.5, 0.6) is 0 Å². The van der Waals surface area contributed by atoms with E-state index in [0.29, 0.717) is 23.2 Å². The first kappa shape index (κ1) is 23.9. The molecule has 0 aliphatic heterocycles. The molecule has 2 aromatic carbocycles. The molecule has 0 radical (unpaired) electrons. The zero-order chi connectivity index (χ0) is 23.6. The Morgan fingerprint density at radius 1 is 1.06 bits per heavy atom. The summed E-state index contributed by atoms with van der Waals surface area (Å²) in [5.74, 6) is -0.453. The third kappa shape index (κ3) is 4.99. The van der Waals surface area contributed by atoms with Crippen molar-refractivity contribution >= 4 is 17.6 Å². The van der Waals surface area contributed by atoms with Gasteiger partial charge >= 0.3 is 11.7 Å². The van der Waals surface area contributed by atoms with Gasteiger partial charge in [-0.05, 0) is 62.3 Å². The van der Waals surface area contributed by atoms with Crippen LogP contribution in [0, 0.1) is 5.92 Å². The zero-order valence-electron chi connectivity index (χ0n) is 19.4. The SMILES string of the molecule is CC(C)CCc1c(Cl)n(C(C)(C)C)c(=O)n1Cc1ccc(-c2ccccc2C(=O)O)cc1. The topological polar surface area (TPSA) is 64.2 Å². The van der Waals surface area contributed by atoms with Gasteiger partial charge in [0.25, 0.3) is 0 Å². The zero-order valence-corrected chi connectivity index (χ0v) is 20.1. The maximum atomic E-state index is 13.3. The van der Waals surface area contributed by atoms with E-state index in [9.17, 15) is 14.7 Å². The second kappa shape index (κ2) is 9.37. The van der Waals surface area contributed by atoms with Crippen LogP contribution in [0.2, 0.25) is 5.15 Å². The molecule has 0 aliphatic rings. The molecule has 1 aromatic heterocycles. The van der Waals surface area contributed by atoms with Crippen LogP contribution < -0.4 is 5.69 Å². The molecule has 1 heterocycles. The van der Waals surface area contributed by atoms with Gasteiger partial charge in [0.2, 0.25) is 0 Å². The number of carboxylic acid groups (broad SMARTS) is 1. The lowest BCUT2D eigenvalue weighted by Gasteiger charge is -2.20. The van der Waals surface area contributed by atoms with Crippen molar-refractivity contribution in [2.24, 2.45) is 5.92 Å². The summed E-state index contributed by atoms with van der Waals surface area (Å²) >= 11 is 6.71. The molecule has 6 heteroatoms. The Balaban J connectivity index is 1.98. The summed E-state index contributed by atoms with van der Waals surface area (Å²) in [7, 11) is 0. The molecule has 0 spiro atoms. The molecule has 0 aliphatic carbocycles. The van der Waals surface area contributed by atoms with Crippen molar-refractivity contribution in [2.45, 2.75) is 59.5 Å². The normalized spacial score (nSPS) is 11.8. The molecule has 0 saturated heterocycles. The minimum absolute atomic E-state index is 0.110. The van der Waals surface area contributed by atoms with Crippen LogP contribution >= 0.6 is 11.6 Å². The molecule has 5 nitrogen and oxygen atoms in total. The number of hydrogen-bond acceptors (Lipinski definition) is 2. The summed E-state index contributed by atoms with van der Waals surface area (Å²) in [6, 6.07) is 14.6. The van der Waals surface area contributed by atoms with Crippen LogP contribution in [0.15, 0.2) is 53.3 Å². The van der Waals surface area contributed by atoms with Crippen molar-refractivity contribution in [1.29, 1.82) is 0 Å². The van der Waals surface area contributed by atoms with Crippen LogP contribution in [0.3, 0.4) is 0 Å².